The van der Waals surface area contributed by atoms with Crippen LogP contribution in [-0.4, -0.2) is 29.4 Å². The molecule has 0 bridgehead atoms. The number of carbonyl (C=O) groups excluding carboxylic acids is 1. The van der Waals surface area contributed by atoms with Crippen molar-refractivity contribution in [3.05, 3.63) is 58.5 Å². The zero-order valence-electron chi connectivity index (χ0n) is 13.2. The van der Waals surface area contributed by atoms with E-state index in [1.54, 1.807) is 25.3 Å². The molecule has 0 fully saturated rings. The van der Waals surface area contributed by atoms with Crippen molar-refractivity contribution in [2.45, 2.75) is 13.5 Å². The number of nitrogens with zero attached hydrogens (tertiary/aromatic N) is 2. The lowest BCUT2D eigenvalue weighted by Crippen LogP contribution is -2.29. The van der Waals surface area contributed by atoms with Crippen molar-refractivity contribution in [3.63, 3.8) is 0 Å². The third-order valence-electron chi connectivity index (χ3n) is 3.52. The molecule has 1 amide bonds. The fraction of sp³-hybridized carbons (Fsp3) is 0.235. The van der Waals surface area contributed by atoms with E-state index in [1.165, 1.54) is 10.6 Å². The van der Waals surface area contributed by atoms with Crippen LogP contribution in [0.15, 0.2) is 52.5 Å². The Morgan fingerprint density at radius 3 is 2.79 bits per heavy atom. The lowest BCUT2D eigenvalue weighted by molar-refractivity contribution is -0.121. The minimum Gasteiger partial charge on any atom is -0.486 e. The summed E-state index contributed by atoms with van der Waals surface area (Å²) < 4.78 is 12.3. The maximum Gasteiger partial charge on any atom is 0.260 e. The van der Waals surface area contributed by atoms with Crippen LogP contribution in [0.4, 0.5) is 0 Å². The number of fused-ring (bicyclic) bond motifs is 1. The van der Waals surface area contributed by atoms with Gasteiger partial charge in [-0.3, -0.25) is 9.59 Å². The van der Waals surface area contributed by atoms with Crippen LogP contribution in [0.25, 0.3) is 0 Å². The van der Waals surface area contributed by atoms with Gasteiger partial charge in [0.25, 0.3) is 11.5 Å². The third-order valence-corrected chi connectivity index (χ3v) is 3.52. The molecule has 0 aliphatic carbocycles. The van der Waals surface area contributed by atoms with Gasteiger partial charge in [0, 0.05) is 17.8 Å². The Kier molecular flexibility index (Phi) is 4.60. The van der Waals surface area contributed by atoms with E-state index in [1.807, 2.05) is 18.2 Å². The van der Waals surface area contributed by atoms with Gasteiger partial charge < -0.3 is 14.0 Å². The van der Waals surface area contributed by atoms with Gasteiger partial charge in [-0.15, -0.1) is 0 Å². The summed E-state index contributed by atoms with van der Waals surface area (Å²) in [7, 11) is 0. The third kappa shape index (κ3) is 3.62. The maximum absolute atomic E-state index is 11.9. The normalized spacial score (nSPS) is 13.5. The average molecular weight is 327 g/mol. The lowest BCUT2D eigenvalue weighted by Gasteiger charge is -2.18. The van der Waals surface area contributed by atoms with Crippen LogP contribution < -0.4 is 20.5 Å². The maximum atomic E-state index is 11.9. The number of rotatable bonds is 4. The van der Waals surface area contributed by atoms with E-state index < -0.39 is 0 Å². The van der Waals surface area contributed by atoms with E-state index in [9.17, 15) is 9.59 Å². The quantitative estimate of drug-likeness (QED) is 0.675. The van der Waals surface area contributed by atoms with E-state index >= 15 is 0 Å². The standard InChI is InChI=1S/C17H17N3O4/c1-12(13-5-6-14-15(10-13)24-9-8-23-14)18-19-16(21)11-20-7-3-2-4-17(20)22/h2-7,10H,8-9,11H2,1H3,(H,19,21)/b18-12-. The molecule has 124 valence electrons. The van der Waals surface area contributed by atoms with Crippen molar-refractivity contribution in [2.24, 2.45) is 5.10 Å². The molecule has 0 atom stereocenters. The van der Waals surface area contributed by atoms with Crippen molar-refractivity contribution >= 4 is 11.6 Å². The van der Waals surface area contributed by atoms with Gasteiger partial charge in [0.1, 0.15) is 19.8 Å². The summed E-state index contributed by atoms with van der Waals surface area (Å²) in [6.07, 6.45) is 1.55. The predicted octanol–water partition coefficient (Wildman–Crippen LogP) is 1.16. The molecule has 0 unspecified atom stereocenters. The smallest absolute Gasteiger partial charge is 0.260 e. The molecule has 1 N–H and O–H groups in total. The van der Waals surface area contributed by atoms with Gasteiger partial charge in [0.15, 0.2) is 11.5 Å². The van der Waals surface area contributed by atoms with Crippen LogP contribution in [-0.2, 0) is 11.3 Å². The highest BCUT2D eigenvalue weighted by Gasteiger charge is 2.12. The van der Waals surface area contributed by atoms with Gasteiger partial charge in [-0.05, 0) is 31.2 Å². The van der Waals surface area contributed by atoms with Crippen molar-refractivity contribution in [1.29, 1.82) is 0 Å². The van der Waals surface area contributed by atoms with E-state index in [-0.39, 0.29) is 18.0 Å². The Morgan fingerprint density at radius 1 is 1.21 bits per heavy atom. The SMILES string of the molecule is C/C(=N/NC(=O)Cn1ccccc1=O)c1ccc2c(c1)OCCO2. The number of pyridine rings is 1. The topological polar surface area (TPSA) is 81.9 Å². The number of amides is 1. The summed E-state index contributed by atoms with van der Waals surface area (Å²) >= 11 is 0. The van der Waals surface area contributed by atoms with Gasteiger partial charge in [-0.1, -0.05) is 6.07 Å². The Labute approximate surface area is 138 Å². The summed E-state index contributed by atoms with van der Waals surface area (Å²) in [5, 5.41) is 4.07. The molecule has 24 heavy (non-hydrogen) atoms. The Bertz CT molecular complexity index is 842. The number of carbonyl (C=O) groups is 1. The number of hydrazone groups is 1. The first-order valence-corrected chi connectivity index (χ1v) is 7.52. The van der Waals surface area contributed by atoms with E-state index in [0.29, 0.717) is 30.4 Å². The molecule has 0 saturated heterocycles. The lowest BCUT2D eigenvalue weighted by atomic mass is 10.1. The van der Waals surface area contributed by atoms with Crippen LogP contribution in [0.2, 0.25) is 0 Å². The minimum atomic E-state index is -0.375. The van der Waals surface area contributed by atoms with E-state index in [0.717, 1.165) is 5.56 Å². The summed E-state index contributed by atoms with van der Waals surface area (Å²) in [4.78, 5) is 23.5. The number of nitrogens with one attached hydrogen (secondary N) is 1. The second-order valence-electron chi connectivity index (χ2n) is 5.26. The molecule has 1 aliphatic rings. The molecule has 1 aromatic heterocycles. The number of aromatic nitrogens is 1. The highest BCUT2D eigenvalue weighted by atomic mass is 16.6. The summed E-state index contributed by atoms with van der Waals surface area (Å²) in [5.41, 5.74) is 3.66. The fourth-order valence-corrected chi connectivity index (χ4v) is 2.26. The zero-order valence-corrected chi connectivity index (χ0v) is 13.2. The number of benzene rings is 1. The molecule has 0 radical (unpaired) electrons. The molecular weight excluding hydrogens is 310 g/mol. The zero-order chi connectivity index (χ0) is 16.9. The number of hydrogen-bond donors (Lipinski definition) is 1. The summed E-state index contributed by atoms with van der Waals surface area (Å²) in [6.45, 7) is 2.74. The van der Waals surface area contributed by atoms with Crippen LogP contribution in [0.5, 0.6) is 11.5 Å². The molecule has 0 spiro atoms. The Balaban J connectivity index is 1.66. The Morgan fingerprint density at radius 2 is 2.00 bits per heavy atom. The molecular formula is C17H17N3O4. The second kappa shape index (κ2) is 6.99. The monoisotopic (exact) mass is 327 g/mol. The molecule has 7 heteroatoms. The fourth-order valence-electron chi connectivity index (χ4n) is 2.26. The van der Waals surface area contributed by atoms with Gasteiger partial charge >= 0.3 is 0 Å². The Hall–Kier alpha value is -3.09. The second-order valence-corrected chi connectivity index (χ2v) is 5.26. The molecule has 7 nitrogen and oxygen atoms in total. The van der Waals surface area contributed by atoms with Crippen molar-refractivity contribution in [2.75, 3.05) is 13.2 Å². The molecule has 0 saturated carbocycles. The predicted molar refractivity (Wildman–Crippen MR) is 88.5 cm³/mol. The first-order valence-electron chi connectivity index (χ1n) is 7.52. The van der Waals surface area contributed by atoms with Crippen molar-refractivity contribution in [1.82, 2.24) is 9.99 Å². The highest BCUT2D eigenvalue weighted by Crippen LogP contribution is 2.30. The largest absolute Gasteiger partial charge is 0.486 e. The van der Waals surface area contributed by atoms with Gasteiger partial charge in [-0.2, -0.15) is 5.10 Å². The van der Waals surface area contributed by atoms with Gasteiger partial charge in [-0.25, -0.2) is 5.43 Å². The summed E-state index contributed by atoms with van der Waals surface area (Å²) in [5.74, 6) is 0.987. The molecule has 2 aromatic rings. The average Bonchev–Trinajstić information content (AvgIpc) is 2.61. The highest BCUT2D eigenvalue weighted by molar-refractivity contribution is 5.99. The number of hydrogen-bond acceptors (Lipinski definition) is 5. The van der Waals surface area contributed by atoms with Crippen LogP contribution >= 0.6 is 0 Å². The van der Waals surface area contributed by atoms with Crippen LogP contribution in [0.3, 0.4) is 0 Å². The van der Waals surface area contributed by atoms with E-state index in [2.05, 4.69) is 10.5 Å². The molecule has 1 aliphatic heterocycles. The minimum absolute atomic E-state index is 0.0857. The molecule has 3 rings (SSSR count). The van der Waals surface area contributed by atoms with Crippen molar-refractivity contribution < 1.29 is 14.3 Å². The van der Waals surface area contributed by atoms with Crippen molar-refractivity contribution in [3.8, 4) is 11.5 Å². The number of ether oxygens (including phenoxy) is 2. The molecule has 2 heterocycles. The van der Waals surface area contributed by atoms with Crippen LogP contribution in [0, 0.1) is 0 Å². The van der Waals surface area contributed by atoms with Gasteiger partial charge in [0.2, 0.25) is 0 Å². The van der Waals surface area contributed by atoms with E-state index in [4.69, 9.17) is 9.47 Å². The van der Waals surface area contributed by atoms with Gasteiger partial charge in [0.05, 0.1) is 5.71 Å². The summed E-state index contributed by atoms with van der Waals surface area (Å²) in [6, 6.07) is 10.2. The first-order chi connectivity index (χ1) is 11.6. The first kappa shape index (κ1) is 15.8. The molecule has 1 aromatic carbocycles. The van der Waals surface area contributed by atoms with Crippen LogP contribution in [0.1, 0.15) is 12.5 Å².